The number of amides is 1. The van der Waals surface area contributed by atoms with Crippen LogP contribution in [0.3, 0.4) is 0 Å². The Morgan fingerprint density at radius 1 is 0.468 bits per heavy atom. The van der Waals surface area contributed by atoms with Crippen LogP contribution in [-0.4, -0.2) is 280 Å². The highest BCUT2D eigenvalue weighted by atomic mass is 32.2. The number of hydrogen-bond acceptors (Lipinski definition) is 31. The van der Waals surface area contributed by atoms with E-state index in [0.717, 1.165) is 108 Å². The molecule has 6 saturated heterocycles. The fourth-order valence-corrected chi connectivity index (χ4v) is 16.8. The van der Waals surface area contributed by atoms with Gasteiger partial charge in [-0.2, -0.15) is 4.31 Å². The summed E-state index contributed by atoms with van der Waals surface area (Å²) < 4.78 is 258. The molecule has 6 aliphatic rings. The summed E-state index contributed by atoms with van der Waals surface area (Å²) in [6.07, 6.45) is -20.2. The molecule has 124 heavy (non-hydrogen) atoms. The number of ether oxygens (including phenoxy) is 10. The average molecular weight is 1880 g/mol. The van der Waals surface area contributed by atoms with Gasteiger partial charge < -0.3 is 47.4 Å². The van der Waals surface area contributed by atoms with Crippen LogP contribution in [0.5, 0.6) is 0 Å². The summed E-state index contributed by atoms with van der Waals surface area (Å²) in [5.41, 5.74) is -7.41. The zero-order valence-electron chi connectivity index (χ0n) is 68.9. The minimum absolute atomic E-state index is 0.0469. The number of alkyl halides is 5. The van der Waals surface area contributed by atoms with Crippen molar-refractivity contribution in [1.29, 1.82) is 0 Å². The van der Waals surface area contributed by atoms with Crippen LogP contribution in [0, 0.1) is 0 Å². The van der Waals surface area contributed by atoms with E-state index in [1.807, 2.05) is 19.9 Å². The third-order valence-corrected chi connectivity index (χ3v) is 23.7. The van der Waals surface area contributed by atoms with Crippen LogP contribution in [0.25, 0.3) is 0 Å². The second kappa shape index (κ2) is 43.3. The summed E-state index contributed by atoms with van der Waals surface area (Å²) in [6, 6.07) is 5.25. The molecule has 6 aliphatic heterocycles. The third kappa shape index (κ3) is 28.2. The fourth-order valence-electron chi connectivity index (χ4n) is 12.9. The molecule has 0 aliphatic carbocycles. The molecule has 0 saturated carbocycles. The van der Waals surface area contributed by atoms with E-state index in [0.29, 0.717) is 13.0 Å². The molecule has 46 nitrogen and oxygen atoms in total. The summed E-state index contributed by atoms with van der Waals surface area (Å²) in [7, 11) is -15.7. The topological polar surface area (TPSA) is 606 Å². The van der Waals surface area contributed by atoms with E-state index in [1.165, 1.54) is 18.4 Å². The number of halogens is 5. The number of nitrogens with zero attached hydrogens (tertiary/aromatic N) is 6. The van der Waals surface area contributed by atoms with Gasteiger partial charge in [0.25, 0.3) is 33.7 Å². The molecule has 0 bridgehead atoms. The van der Waals surface area contributed by atoms with E-state index in [4.69, 9.17) is 47.4 Å². The summed E-state index contributed by atoms with van der Waals surface area (Å²) in [6.45, 7) is 16.9. The first-order valence-corrected chi connectivity index (χ1v) is 46.4. The molecular formula is C68H100F5N15O31S5. The Bertz CT molecular complexity index is 5770. The van der Waals surface area contributed by atoms with Gasteiger partial charge in [-0.25, -0.2) is 102 Å². The quantitative estimate of drug-likeness (QED) is 0.0216. The molecule has 0 unspecified atom stereocenters. The normalized spacial score (nSPS) is 28.3. The molecule has 11 heterocycles. The zero-order chi connectivity index (χ0) is 92.9. The molecule has 5 aromatic heterocycles. The molecule has 698 valence electrons. The largest absolute Gasteiger partial charge is 0.370 e. The van der Waals surface area contributed by atoms with Crippen molar-refractivity contribution < 1.29 is 116 Å². The Hall–Kier alpha value is -8.55. The van der Waals surface area contributed by atoms with Gasteiger partial charge in [0.05, 0.1) is 54.5 Å². The van der Waals surface area contributed by atoms with E-state index in [-0.39, 0.29) is 43.3 Å². The Morgan fingerprint density at radius 3 is 1.13 bits per heavy atom. The van der Waals surface area contributed by atoms with Gasteiger partial charge in [0.15, 0.2) is 68.1 Å². The van der Waals surface area contributed by atoms with Crippen molar-refractivity contribution in [3.8, 4) is 0 Å². The number of carbonyl (C=O) groups excluding carboxylic acids is 1. The lowest BCUT2D eigenvalue weighted by molar-refractivity contribution is -0.139. The van der Waals surface area contributed by atoms with Gasteiger partial charge in [0, 0.05) is 86.4 Å². The predicted molar refractivity (Wildman–Crippen MR) is 426 cm³/mol. The summed E-state index contributed by atoms with van der Waals surface area (Å²) >= 11 is 0. The SMILES string of the molecule is CC(C)O[C@H]1[C@@H](F)[C@H](n2ccc(=O)[nH]c2=O)O[C@@H]1C(=O)NS(C)(=O)=O.CC(C)O[C@H]1[C@@H](F)[C@H](n2ccc(=O)[nH]c2=O)O[C@@H]1CN1CCCS1(=O)=O.CC(C)O[C@H]1[C@@H](F)[C@H](n2ccc(=O)[nH]c2=O)O[C@@H]1CNS(C)(=O)=O.CNS(=O)(=O)/C=C/[C@H]1O[C@@H](n2ccc(=O)[nH]c2=O)[C@H](F)[C@@H]1OC(C)C.CNS(=O)(=O)C[C@H]1O[C@@H](n2ccc(=O)[nH]c2=O)[C@H](F)[C@@H]1OC(C)C. The number of aromatic nitrogens is 10. The lowest BCUT2D eigenvalue weighted by atomic mass is 10.1. The zero-order valence-corrected chi connectivity index (χ0v) is 73.0. The van der Waals surface area contributed by atoms with Gasteiger partial charge in [-0.05, 0) is 95.8 Å². The molecule has 11 rings (SSSR count). The van der Waals surface area contributed by atoms with Crippen molar-refractivity contribution in [2.45, 2.75) is 229 Å². The Balaban J connectivity index is 0.000000213. The molecular weight excluding hydrogens is 1780 g/mol. The number of rotatable bonds is 28. The third-order valence-electron chi connectivity index (χ3n) is 18.1. The van der Waals surface area contributed by atoms with Crippen molar-refractivity contribution in [3.63, 3.8) is 0 Å². The summed E-state index contributed by atoms with van der Waals surface area (Å²) in [5, 5.41) is 0.846. The Morgan fingerprint density at radius 2 is 0.790 bits per heavy atom. The van der Waals surface area contributed by atoms with Gasteiger partial charge in [0.2, 0.25) is 50.1 Å². The van der Waals surface area contributed by atoms with Crippen LogP contribution in [0.1, 0.15) is 107 Å². The maximum absolute atomic E-state index is 15.0. The highest BCUT2D eigenvalue weighted by molar-refractivity contribution is 7.92. The minimum Gasteiger partial charge on any atom is -0.370 e. The highest BCUT2D eigenvalue weighted by Crippen LogP contribution is 2.39. The molecule has 20 atom stereocenters. The van der Waals surface area contributed by atoms with E-state index in [9.17, 15) is 112 Å². The number of nitrogens with one attached hydrogen (secondary N) is 9. The van der Waals surface area contributed by atoms with Crippen molar-refractivity contribution in [3.05, 3.63) is 177 Å². The maximum Gasteiger partial charge on any atom is 0.330 e. The smallest absolute Gasteiger partial charge is 0.330 e. The number of sulfonamides is 5. The second-order valence-electron chi connectivity index (χ2n) is 29.6. The Kier molecular flexibility index (Phi) is 35.8. The number of aromatic amines is 5. The lowest BCUT2D eigenvalue weighted by Gasteiger charge is -2.25. The van der Waals surface area contributed by atoms with Crippen LogP contribution >= 0.6 is 0 Å². The first-order valence-electron chi connectivity index (χ1n) is 37.8. The molecule has 0 radical (unpaired) electrons. The van der Waals surface area contributed by atoms with Gasteiger partial charge in [-0.3, -0.25) is 81.2 Å². The van der Waals surface area contributed by atoms with Crippen molar-refractivity contribution in [1.82, 2.24) is 70.9 Å². The molecule has 56 heteroatoms. The first-order chi connectivity index (χ1) is 57.5. The average Bonchev–Trinajstić information content (AvgIpc) is 1.68. The second-order valence-corrected chi connectivity index (χ2v) is 39.1. The van der Waals surface area contributed by atoms with Gasteiger partial charge >= 0.3 is 28.4 Å². The molecule has 1 amide bonds. The van der Waals surface area contributed by atoms with Crippen LogP contribution in [-0.2, 0) is 102 Å². The molecule has 0 spiro atoms. The van der Waals surface area contributed by atoms with Gasteiger partial charge in [-0.15, -0.1) is 0 Å². The molecule has 0 aromatic carbocycles. The predicted octanol–water partition coefficient (Wildman–Crippen LogP) is -3.90. The standard InChI is InChI=1S/C15H22FN3O6S.C14H20FN3O6S.C13H18FN3O7S.2C13H20FN3O6S/c1-9(2)24-13-10(8-18-5-3-7-26(18,22)23)25-14(12(13)16)19-6-4-11(20)17-15(19)21;1-8(2)23-12-9(5-7-25(21,22)16-3)24-13(11(12)15)18-6-4-10(19)17-14(18)20;1-6(2)23-9-8(14)12(17-5-4-7(18)15-13(17)20)24-10(9)11(19)16-25(3,21)22;1-7(2)22-11-8(6-15-24(3,20)21)23-12(10(11)14)17-5-4-9(18)16-13(17)19;1-7(2)22-11-8(6-24(20,21)15-3)23-12(10(11)14)17-5-4-9(18)16-13(17)19/h4,6,9-10,12-14H,3,5,7-8H2,1-2H3,(H,17,20,21);4-9,11-13,16H,1-3H3,(H,17,19,20);4-6,8-10,12H,1-3H3,(H,16,19)(H,15,18,20);2*4-5,7-8,10-12,15H,6H2,1-3H3,(H,16,18,19)/b;7-5+;;;/t10-,12-,13-,14-;9-,11-,12-,13-;8-,9+,10+,12-;2*8-,10-,11-,12-/m11111/s1. The molecule has 5 aromatic rings. The maximum atomic E-state index is 15.0. The minimum atomic E-state index is -3.90. The van der Waals surface area contributed by atoms with Crippen LogP contribution in [0.4, 0.5) is 22.0 Å². The number of H-pyrrole nitrogens is 5. The summed E-state index contributed by atoms with van der Waals surface area (Å²) in [5.74, 6) is -1.58. The number of carbonyl (C=O) groups is 1. The molecule has 9 N–H and O–H groups in total. The van der Waals surface area contributed by atoms with E-state index < -0.39 is 247 Å². The van der Waals surface area contributed by atoms with E-state index in [1.54, 1.807) is 74.0 Å². The van der Waals surface area contributed by atoms with E-state index in [2.05, 4.69) is 19.2 Å². The fraction of sp³-hybridized carbons (Fsp3) is 0.662. The van der Waals surface area contributed by atoms with Crippen LogP contribution in [0.2, 0.25) is 0 Å². The first kappa shape index (κ1) is 103. The van der Waals surface area contributed by atoms with Crippen molar-refractivity contribution >= 4 is 56.0 Å². The van der Waals surface area contributed by atoms with Gasteiger partial charge in [0.1, 0.15) is 54.9 Å². The van der Waals surface area contributed by atoms with Crippen LogP contribution in [0.15, 0.2) is 121 Å². The number of hydrogen-bond donors (Lipinski definition) is 9. The lowest BCUT2D eigenvalue weighted by Crippen LogP contribution is -2.45. The highest BCUT2D eigenvalue weighted by Gasteiger charge is 2.54. The van der Waals surface area contributed by atoms with Gasteiger partial charge in [-0.1, -0.05) is 0 Å². The monoisotopic (exact) mass is 1880 g/mol. The van der Waals surface area contributed by atoms with Crippen LogP contribution < -0.4 is 75.1 Å². The van der Waals surface area contributed by atoms with Crippen molar-refractivity contribution in [2.75, 3.05) is 57.7 Å². The molecule has 6 fully saturated rings. The summed E-state index contributed by atoms with van der Waals surface area (Å²) in [4.78, 5) is 137. The van der Waals surface area contributed by atoms with Crippen molar-refractivity contribution in [2.24, 2.45) is 0 Å². The van der Waals surface area contributed by atoms with E-state index >= 15 is 4.39 Å². The Labute approximate surface area is 703 Å².